The molecule has 2 aromatic carbocycles. The molecule has 6 nitrogen and oxygen atoms in total. The van der Waals surface area contributed by atoms with Gasteiger partial charge in [0.1, 0.15) is 5.75 Å². The summed E-state index contributed by atoms with van der Waals surface area (Å²) in [5, 5.41) is 7.97. The van der Waals surface area contributed by atoms with E-state index >= 15 is 0 Å². The highest BCUT2D eigenvalue weighted by Gasteiger charge is 2.18. The van der Waals surface area contributed by atoms with E-state index in [1.165, 1.54) is 6.08 Å². The molecular weight excluding hydrogens is 344 g/mol. The van der Waals surface area contributed by atoms with Crippen molar-refractivity contribution >= 4 is 12.0 Å². The van der Waals surface area contributed by atoms with E-state index in [1.54, 1.807) is 32.2 Å². The van der Waals surface area contributed by atoms with Crippen LogP contribution >= 0.6 is 0 Å². The van der Waals surface area contributed by atoms with Crippen LogP contribution in [-0.2, 0) is 9.53 Å². The molecule has 0 radical (unpaired) electrons. The van der Waals surface area contributed by atoms with Crippen molar-refractivity contribution in [3.05, 3.63) is 71.6 Å². The molecule has 0 amide bonds. The Labute approximate surface area is 157 Å². The van der Waals surface area contributed by atoms with Crippen LogP contribution in [0.15, 0.2) is 59.0 Å². The molecule has 0 bridgehead atoms. The number of aromatic nitrogens is 2. The number of ether oxygens (including phenoxy) is 2. The van der Waals surface area contributed by atoms with Crippen LogP contribution in [-0.4, -0.2) is 23.3 Å². The third-order valence-electron chi connectivity index (χ3n) is 3.91. The lowest BCUT2D eigenvalue weighted by Gasteiger charge is -2.06. The predicted octanol–water partition coefficient (Wildman–Crippen LogP) is 4.37. The number of hydrogen-bond donors (Lipinski definition) is 0. The van der Waals surface area contributed by atoms with E-state index in [9.17, 15) is 4.79 Å². The van der Waals surface area contributed by atoms with Gasteiger partial charge in [-0.3, -0.25) is 0 Å². The summed E-state index contributed by atoms with van der Waals surface area (Å²) in [6, 6.07) is 15.1. The van der Waals surface area contributed by atoms with Crippen LogP contribution < -0.4 is 4.74 Å². The van der Waals surface area contributed by atoms with Crippen molar-refractivity contribution < 1.29 is 18.7 Å². The number of methoxy groups -OCH3 is 1. The highest BCUT2D eigenvalue weighted by Crippen LogP contribution is 2.24. The van der Waals surface area contributed by atoms with Crippen LogP contribution in [0.5, 0.6) is 5.75 Å². The zero-order valence-electron chi connectivity index (χ0n) is 15.4. The smallest absolute Gasteiger partial charge is 0.331 e. The summed E-state index contributed by atoms with van der Waals surface area (Å²) in [5.74, 6) is 0.845. The maximum Gasteiger partial charge on any atom is 0.331 e. The Kier molecular flexibility index (Phi) is 5.66. The van der Waals surface area contributed by atoms with Crippen LogP contribution in [0.25, 0.3) is 17.5 Å². The highest BCUT2D eigenvalue weighted by atomic mass is 16.6. The topological polar surface area (TPSA) is 74.5 Å². The van der Waals surface area contributed by atoms with Crippen LogP contribution in [0.3, 0.4) is 0 Å². The van der Waals surface area contributed by atoms with Gasteiger partial charge < -0.3 is 13.9 Å². The summed E-state index contributed by atoms with van der Waals surface area (Å²) < 4.78 is 16.1. The minimum Gasteiger partial charge on any atom is -0.497 e. The lowest BCUT2D eigenvalue weighted by atomic mass is 10.1. The fourth-order valence-electron chi connectivity index (χ4n) is 2.35. The summed E-state index contributed by atoms with van der Waals surface area (Å²) in [4.78, 5) is 12.0. The van der Waals surface area contributed by atoms with E-state index in [-0.39, 0.29) is 5.89 Å². The zero-order valence-corrected chi connectivity index (χ0v) is 15.4. The first-order valence-electron chi connectivity index (χ1n) is 8.48. The van der Waals surface area contributed by atoms with E-state index in [4.69, 9.17) is 13.9 Å². The SMILES string of the molecule is COc1ccc(-c2nnc([C@@H](C)OC(=O)/C=C/c3ccc(C)cc3)o2)cc1. The molecule has 0 N–H and O–H groups in total. The first kappa shape index (κ1) is 18.4. The van der Waals surface area contributed by atoms with E-state index in [0.29, 0.717) is 5.89 Å². The number of esters is 1. The second-order valence-electron chi connectivity index (χ2n) is 6.00. The van der Waals surface area contributed by atoms with Gasteiger partial charge in [-0.2, -0.15) is 0 Å². The monoisotopic (exact) mass is 364 g/mol. The molecule has 0 aliphatic rings. The molecule has 6 heteroatoms. The van der Waals surface area contributed by atoms with Gasteiger partial charge in [0.05, 0.1) is 7.11 Å². The predicted molar refractivity (Wildman–Crippen MR) is 101 cm³/mol. The standard InChI is InChI=1S/C21H20N2O4/c1-14-4-6-16(7-5-14)8-13-19(24)26-15(2)20-22-23-21(27-20)17-9-11-18(25-3)12-10-17/h4-13,15H,1-3H3/b13-8+/t15-/m1/s1. The van der Waals surface area contributed by atoms with Gasteiger partial charge in [-0.05, 0) is 49.8 Å². The normalized spacial score (nSPS) is 12.1. The summed E-state index contributed by atoms with van der Waals surface area (Å²) in [6.07, 6.45) is 2.42. The Morgan fingerprint density at radius 2 is 1.78 bits per heavy atom. The molecule has 0 aliphatic heterocycles. The van der Waals surface area contributed by atoms with Gasteiger partial charge in [0, 0.05) is 11.6 Å². The van der Waals surface area contributed by atoms with Gasteiger partial charge in [0.15, 0.2) is 6.10 Å². The zero-order chi connectivity index (χ0) is 19.2. The Morgan fingerprint density at radius 3 is 2.44 bits per heavy atom. The van der Waals surface area contributed by atoms with Crippen molar-refractivity contribution in [2.24, 2.45) is 0 Å². The Balaban J connectivity index is 1.62. The average molecular weight is 364 g/mol. The molecule has 0 saturated carbocycles. The number of benzene rings is 2. The second-order valence-corrected chi connectivity index (χ2v) is 6.00. The van der Waals surface area contributed by atoms with Gasteiger partial charge in [-0.25, -0.2) is 4.79 Å². The van der Waals surface area contributed by atoms with Crippen molar-refractivity contribution in [3.8, 4) is 17.2 Å². The van der Waals surface area contributed by atoms with Crippen molar-refractivity contribution in [1.29, 1.82) is 0 Å². The van der Waals surface area contributed by atoms with Crippen LogP contribution in [0.1, 0.15) is 30.0 Å². The van der Waals surface area contributed by atoms with Crippen molar-refractivity contribution in [1.82, 2.24) is 10.2 Å². The molecule has 0 spiro atoms. The van der Waals surface area contributed by atoms with E-state index < -0.39 is 12.1 Å². The minimum absolute atomic E-state index is 0.234. The highest BCUT2D eigenvalue weighted by molar-refractivity contribution is 5.87. The number of carbonyl (C=O) groups is 1. The van der Waals surface area contributed by atoms with E-state index in [0.717, 1.165) is 22.4 Å². The molecule has 1 heterocycles. The van der Waals surface area contributed by atoms with Gasteiger partial charge in [-0.1, -0.05) is 29.8 Å². The van der Waals surface area contributed by atoms with Crippen LogP contribution in [0.2, 0.25) is 0 Å². The molecule has 0 unspecified atom stereocenters. The Morgan fingerprint density at radius 1 is 1.07 bits per heavy atom. The Bertz CT molecular complexity index is 928. The molecule has 27 heavy (non-hydrogen) atoms. The maximum atomic E-state index is 12.0. The van der Waals surface area contributed by atoms with Gasteiger partial charge in [0.25, 0.3) is 5.89 Å². The number of rotatable bonds is 6. The third-order valence-corrected chi connectivity index (χ3v) is 3.91. The van der Waals surface area contributed by atoms with Crippen molar-refractivity contribution in [3.63, 3.8) is 0 Å². The average Bonchev–Trinajstić information content (AvgIpc) is 3.18. The Hall–Kier alpha value is -3.41. The molecule has 0 saturated heterocycles. The minimum atomic E-state index is -0.653. The lowest BCUT2D eigenvalue weighted by molar-refractivity contribution is -0.143. The van der Waals surface area contributed by atoms with E-state index in [2.05, 4.69) is 10.2 Å². The second kappa shape index (κ2) is 8.31. The summed E-state index contributed by atoms with van der Waals surface area (Å²) in [6.45, 7) is 3.69. The van der Waals surface area contributed by atoms with Gasteiger partial charge in [-0.15, -0.1) is 10.2 Å². The molecule has 3 aromatic rings. The van der Waals surface area contributed by atoms with E-state index in [1.807, 2.05) is 43.3 Å². The molecule has 0 aliphatic carbocycles. The molecular formula is C21H20N2O4. The number of nitrogens with zero attached hydrogens (tertiary/aromatic N) is 2. The molecule has 1 aromatic heterocycles. The maximum absolute atomic E-state index is 12.0. The number of aryl methyl sites for hydroxylation is 1. The fraction of sp³-hybridized carbons (Fsp3) is 0.190. The van der Waals surface area contributed by atoms with Crippen molar-refractivity contribution in [2.45, 2.75) is 20.0 Å². The van der Waals surface area contributed by atoms with Gasteiger partial charge in [0.2, 0.25) is 5.89 Å². The number of hydrogen-bond acceptors (Lipinski definition) is 6. The van der Waals surface area contributed by atoms with Crippen LogP contribution in [0, 0.1) is 6.92 Å². The lowest BCUT2D eigenvalue weighted by Crippen LogP contribution is -2.06. The molecule has 1 atom stereocenters. The first-order chi connectivity index (χ1) is 13.0. The summed E-state index contributed by atoms with van der Waals surface area (Å²) in [5.41, 5.74) is 2.84. The summed E-state index contributed by atoms with van der Waals surface area (Å²) in [7, 11) is 1.60. The number of carbonyl (C=O) groups excluding carboxylic acids is 1. The molecule has 0 fully saturated rings. The molecule has 3 rings (SSSR count). The quantitative estimate of drug-likeness (QED) is 0.477. The van der Waals surface area contributed by atoms with Crippen LogP contribution in [0.4, 0.5) is 0 Å². The van der Waals surface area contributed by atoms with Gasteiger partial charge >= 0.3 is 5.97 Å². The summed E-state index contributed by atoms with van der Waals surface area (Å²) >= 11 is 0. The molecule has 138 valence electrons. The third kappa shape index (κ3) is 4.82. The fourth-order valence-corrected chi connectivity index (χ4v) is 2.35. The van der Waals surface area contributed by atoms with Crippen molar-refractivity contribution in [2.75, 3.05) is 7.11 Å². The first-order valence-corrected chi connectivity index (χ1v) is 8.48. The largest absolute Gasteiger partial charge is 0.497 e.